The lowest BCUT2D eigenvalue weighted by Gasteiger charge is -2.42. The second-order valence-electron chi connectivity index (χ2n) is 5.55. The normalized spacial score (nSPS) is 22.1. The summed E-state index contributed by atoms with van der Waals surface area (Å²) in [5, 5.41) is 2.96. The number of carbonyl (C=O) groups is 1. The highest BCUT2D eigenvalue weighted by molar-refractivity contribution is 5.89. The Hall–Kier alpha value is -1.59. The fourth-order valence-electron chi connectivity index (χ4n) is 2.99. The molecule has 2 fully saturated rings. The molecule has 3 rings (SSSR count). The monoisotopic (exact) mass is 275 g/mol. The van der Waals surface area contributed by atoms with Crippen LogP contribution >= 0.6 is 0 Å². The Bertz CT molecular complexity index is 469. The van der Waals surface area contributed by atoms with Crippen LogP contribution in [0.25, 0.3) is 0 Å². The Balaban J connectivity index is 1.70. The third-order valence-electron chi connectivity index (χ3n) is 4.22. The Morgan fingerprint density at radius 2 is 1.90 bits per heavy atom. The standard InChI is InChI=1S/C15H21N3O2/c1-17-9-7-15(8-10-17)18(11-12-20-15)14(19)16-13-5-3-2-4-6-13/h2-6H,7-12H2,1H3,(H,16,19). The van der Waals surface area contributed by atoms with Crippen LogP contribution in [0.2, 0.25) is 0 Å². The van der Waals surface area contributed by atoms with E-state index in [4.69, 9.17) is 4.74 Å². The van der Waals surface area contributed by atoms with Crippen molar-refractivity contribution in [3.63, 3.8) is 0 Å². The Kier molecular flexibility index (Phi) is 3.63. The largest absolute Gasteiger partial charge is 0.354 e. The molecular formula is C15H21N3O2. The van der Waals surface area contributed by atoms with Gasteiger partial charge in [0.2, 0.25) is 0 Å². The highest BCUT2D eigenvalue weighted by Crippen LogP contribution is 2.34. The van der Waals surface area contributed by atoms with E-state index in [1.165, 1.54) is 0 Å². The number of hydrogen-bond donors (Lipinski definition) is 1. The summed E-state index contributed by atoms with van der Waals surface area (Å²) in [7, 11) is 2.11. The zero-order valence-electron chi connectivity index (χ0n) is 11.8. The van der Waals surface area contributed by atoms with Gasteiger partial charge in [-0.2, -0.15) is 0 Å². The Morgan fingerprint density at radius 3 is 2.60 bits per heavy atom. The number of amides is 2. The van der Waals surface area contributed by atoms with Gasteiger partial charge in [-0.25, -0.2) is 4.79 Å². The topological polar surface area (TPSA) is 44.8 Å². The van der Waals surface area contributed by atoms with Crippen molar-refractivity contribution in [2.45, 2.75) is 18.6 Å². The van der Waals surface area contributed by atoms with E-state index in [-0.39, 0.29) is 6.03 Å². The summed E-state index contributed by atoms with van der Waals surface area (Å²) < 4.78 is 5.94. The van der Waals surface area contributed by atoms with Crippen LogP contribution in [0, 0.1) is 0 Å². The third-order valence-corrected chi connectivity index (χ3v) is 4.22. The number of benzene rings is 1. The van der Waals surface area contributed by atoms with E-state index in [1.807, 2.05) is 35.2 Å². The zero-order valence-corrected chi connectivity index (χ0v) is 11.8. The fourth-order valence-corrected chi connectivity index (χ4v) is 2.99. The average molecular weight is 275 g/mol. The number of nitrogens with one attached hydrogen (secondary N) is 1. The number of urea groups is 1. The first-order chi connectivity index (χ1) is 9.70. The number of anilines is 1. The first-order valence-electron chi connectivity index (χ1n) is 7.16. The third kappa shape index (κ3) is 2.51. The van der Waals surface area contributed by atoms with Crippen molar-refractivity contribution in [2.24, 2.45) is 0 Å². The average Bonchev–Trinajstić information content (AvgIpc) is 2.87. The van der Waals surface area contributed by atoms with Crippen LogP contribution in [0.15, 0.2) is 30.3 Å². The Morgan fingerprint density at radius 1 is 1.20 bits per heavy atom. The molecular weight excluding hydrogens is 254 g/mol. The van der Waals surface area contributed by atoms with Crippen LogP contribution in [0.4, 0.5) is 10.5 Å². The highest BCUT2D eigenvalue weighted by atomic mass is 16.5. The lowest BCUT2D eigenvalue weighted by atomic mass is 9.99. The van der Waals surface area contributed by atoms with Crippen LogP contribution in [0.1, 0.15) is 12.8 Å². The van der Waals surface area contributed by atoms with Gasteiger partial charge in [0.1, 0.15) is 5.72 Å². The van der Waals surface area contributed by atoms with Gasteiger partial charge in [0, 0.05) is 38.2 Å². The summed E-state index contributed by atoms with van der Waals surface area (Å²) in [4.78, 5) is 16.6. The number of piperidine rings is 1. The van der Waals surface area contributed by atoms with E-state index in [0.29, 0.717) is 13.2 Å². The zero-order chi connectivity index (χ0) is 14.0. The number of nitrogens with zero attached hydrogens (tertiary/aromatic N) is 2. The smallest absolute Gasteiger partial charge is 0.324 e. The van der Waals surface area contributed by atoms with E-state index >= 15 is 0 Å². The van der Waals surface area contributed by atoms with Gasteiger partial charge in [-0.3, -0.25) is 4.90 Å². The van der Waals surface area contributed by atoms with Crippen LogP contribution < -0.4 is 5.32 Å². The molecule has 2 heterocycles. The van der Waals surface area contributed by atoms with E-state index < -0.39 is 5.72 Å². The predicted molar refractivity (Wildman–Crippen MR) is 77.6 cm³/mol. The van der Waals surface area contributed by atoms with Crippen LogP contribution in [-0.4, -0.2) is 54.8 Å². The van der Waals surface area contributed by atoms with Gasteiger partial charge < -0.3 is 15.0 Å². The molecule has 5 nitrogen and oxygen atoms in total. The first kappa shape index (κ1) is 13.4. The van der Waals surface area contributed by atoms with Gasteiger partial charge in [0.05, 0.1) is 6.61 Å². The molecule has 0 radical (unpaired) electrons. The number of para-hydroxylation sites is 1. The molecule has 1 aromatic carbocycles. The van der Waals surface area contributed by atoms with E-state index in [1.54, 1.807) is 0 Å². The molecule has 1 spiro atoms. The molecule has 0 aromatic heterocycles. The Labute approximate surface area is 119 Å². The minimum absolute atomic E-state index is 0.0572. The number of likely N-dealkylation sites (tertiary alicyclic amines) is 1. The van der Waals surface area contributed by atoms with Gasteiger partial charge in [0.15, 0.2) is 0 Å². The summed E-state index contributed by atoms with van der Waals surface area (Å²) in [5.41, 5.74) is 0.429. The van der Waals surface area contributed by atoms with Crippen molar-refractivity contribution >= 4 is 11.7 Å². The van der Waals surface area contributed by atoms with Crippen molar-refractivity contribution < 1.29 is 9.53 Å². The van der Waals surface area contributed by atoms with Gasteiger partial charge in [-0.1, -0.05) is 18.2 Å². The molecule has 0 unspecified atom stereocenters. The molecule has 1 N–H and O–H groups in total. The fraction of sp³-hybridized carbons (Fsp3) is 0.533. The molecule has 2 aliphatic rings. The van der Waals surface area contributed by atoms with Crippen molar-refractivity contribution in [1.29, 1.82) is 0 Å². The van der Waals surface area contributed by atoms with E-state index in [9.17, 15) is 4.79 Å². The lowest BCUT2D eigenvalue weighted by molar-refractivity contribution is -0.0976. The molecule has 5 heteroatoms. The van der Waals surface area contributed by atoms with Crippen LogP contribution in [0.3, 0.4) is 0 Å². The maximum absolute atomic E-state index is 12.5. The highest BCUT2D eigenvalue weighted by Gasteiger charge is 2.46. The maximum Gasteiger partial charge on any atom is 0.324 e. The van der Waals surface area contributed by atoms with Gasteiger partial charge >= 0.3 is 6.03 Å². The summed E-state index contributed by atoms with van der Waals surface area (Å²) in [6.07, 6.45) is 1.76. The molecule has 1 aromatic rings. The molecule has 108 valence electrons. The van der Waals surface area contributed by atoms with Gasteiger partial charge in [0.25, 0.3) is 0 Å². The molecule has 0 atom stereocenters. The second kappa shape index (κ2) is 5.42. The molecule has 2 saturated heterocycles. The maximum atomic E-state index is 12.5. The van der Waals surface area contributed by atoms with E-state index in [0.717, 1.165) is 31.6 Å². The SMILES string of the molecule is CN1CCC2(CC1)OCCN2C(=O)Nc1ccccc1. The molecule has 0 aliphatic carbocycles. The molecule has 20 heavy (non-hydrogen) atoms. The van der Waals surface area contributed by atoms with Crippen LogP contribution in [0.5, 0.6) is 0 Å². The van der Waals surface area contributed by atoms with Crippen molar-refractivity contribution in [3.8, 4) is 0 Å². The minimum atomic E-state index is -0.397. The van der Waals surface area contributed by atoms with Crippen molar-refractivity contribution in [2.75, 3.05) is 38.6 Å². The van der Waals surface area contributed by atoms with Gasteiger partial charge in [-0.15, -0.1) is 0 Å². The minimum Gasteiger partial charge on any atom is -0.354 e. The van der Waals surface area contributed by atoms with Crippen molar-refractivity contribution in [1.82, 2.24) is 9.80 Å². The molecule has 2 amide bonds. The van der Waals surface area contributed by atoms with Crippen molar-refractivity contribution in [3.05, 3.63) is 30.3 Å². The summed E-state index contributed by atoms with van der Waals surface area (Å²) in [6, 6.07) is 9.51. The number of hydrogen-bond acceptors (Lipinski definition) is 3. The first-order valence-corrected chi connectivity index (χ1v) is 7.16. The second-order valence-corrected chi connectivity index (χ2v) is 5.55. The number of rotatable bonds is 1. The molecule has 0 bridgehead atoms. The summed E-state index contributed by atoms with van der Waals surface area (Å²) in [5.74, 6) is 0. The summed E-state index contributed by atoms with van der Waals surface area (Å²) in [6.45, 7) is 3.23. The number of ether oxygens (including phenoxy) is 1. The van der Waals surface area contributed by atoms with E-state index in [2.05, 4.69) is 17.3 Å². The quantitative estimate of drug-likeness (QED) is 0.852. The van der Waals surface area contributed by atoms with Gasteiger partial charge in [-0.05, 0) is 19.2 Å². The molecule has 2 aliphatic heterocycles. The summed E-state index contributed by atoms with van der Waals surface area (Å²) >= 11 is 0. The lowest BCUT2D eigenvalue weighted by Crippen LogP contribution is -2.55. The van der Waals surface area contributed by atoms with Crippen LogP contribution in [-0.2, 0) is 4.74 Å². The predicted octanol–water partition coefficient (Wildman–Crippen LogP) is 1.97. The number of carbonyl (C=O) groups excluding carboxylic acids is 1. The molecule has 0 saturated carbocycles.